The van der Waals surface area contributed by atoms with Crippen LogP contribution in [0.4, 0.5) is 0 Å². The van der Waals surface area contributed by atoms with Crippen LogP contribution in [0.3, 0.4) is 0 Å². The Morgan fingerprint density at radius 3 is 2.96 bits per heavy atom. The number of benzene rings is 1. The van der Waals surface area contributed by atoms with E-state index in [2.05, 4.69) is 16.3 Å². The number of terminal acetylenes is 1. The molecule has 0 aliphatic rings. The molecule has 0 bridgehead atoms. The van der Waals surface area contributed by atoms with Crippen LogP contribution in [0.1, 0.15) is 29.8 Å². The molecule has 1 atom stereocenters. The largest absolute Gasteiger partial charge is 0.481 e. The van der Waals surface area contributed by atoms with Gasteiger partial charge in [0.2, 0.25) is 0 Å². The monoisotopic (exact) mass is 325 g/mol. The van der Waals surface area contributed by atoms with Gasteiger partial charge in [-0.1, -0.05) is 18.1 Å². The molecule has 1 aromatic heterocycles. The van der Waals surface area contributed by atoms with Crippen LogP contribution < -0.4 is 10.1 Å². The van der Waals surface area contributed by atoms with Crippen LogP contribution in [0.2, 0.25) is 0 Å². The average molecular weight is 325 g/mol. The fourth-order valence-corrected chi connectivity index (χ4v) is 2.06. The van der Waals surface area contributed by atoms with E-state index in [9.17, 15) is 9.59 Å². The summed E-state index contributed by atoms with van der Waals surface area (Å²) in [5.74, 6) is 2.66. The van der Waals surface area contributed by atoms with Gasteiger partial charge >= 0.3 is 0 Å². The molecule has 2 aromatic rings. The summed E-state index contributed by atoms with van der Waals surface area (Å²) in [6.07, 6.45) is 7.96. The molecule has 1 aromatic carbocycles. The van der Waals surface area contributed by atoms with Gasteiger partial charge in [0, 0.05) is 23.9 Å². The van der Waals surface area contributed by atoms with Crippen LogP contribution >= 0.6 is 0 Å². The third kappa shape index (κ3) is 4.71. The number of carbonyl (C=O) groups is 2. The van der Waals surface area contributed by atoms with Crippen LogP contribution in [-0.4, -0.2) is 27.6 Å². The zero-order valence-electron chi connectivity index (χ0n) is 13.7. The molecule has 1 heterocycles. The van der Waals surface area contributed by atoms with E-state index in [1.807, 2.05) is 0 Å². The fourth-order valence-electron chi connectivity index (χ4n) is 2.06. The van der Waals surface area contributed by atoms with Crippen LogP contribution in [0, 0.1) is 12.3 Å². The van der Waals surface area contributed by atoms with Gasteiger partial charge in [-0.3, -0.25) is 14.3 Å². The van der Waals surface area contributed by atoms with E-state index < -0.39 is 6.10 Å². The minimum atomic E-state index is -0.687. The summed E-state index contributed by atoms with van der Waals surface area (Å²) in [6, 6.07) is 6.75. The maximum absolute atomic E-state index is 12.1. The molecule has 6 heteroatoms. The van der Waals surface area contributed by atoms with E-state index in [1.165, 1.54) is 6.92 Å². The molecule has 6 nitrogen and oxygen atoms in total. The molecule has 0 aliphatic carbocycles. The number of Topliss-reactive ketones (excluding diaryl/α,β-unsaturated/α-hetero) is 1. The Morgan fingerprint density at radius 2 is 2.25 bits per heavy atom. The predicted molar refractivity (Wildman–Crippen MR) is 89.4 cm³/mol. The Balaban J connectivity index is 1.88. The highest BCUT2D eigenvalue weighted by molar-refractivity contribution is 5.94. The van der Waals surface area contributed by atoms with E-state index in [0.717, 1.165) is 5.56 Å². The molecule has 0 saturated carbocycles. The molecule has 2 rings (SSSR count). The number of ketones is 1. The van der Waals surface area contributed by atoms with Gasteiger partial charge in [-0.2, -0.15) is 5.10 Å². The van der Waals surface area contributed by atoms with Crippen molar-refractivity contribution in [2.75, 3.05) is 0 Å². The Morgan fingerprint density at radius 1 is 1.46 bits per heavy atom. The summed E-state index contributed by atoms with van der Waals surface area (Å²) < 4.78 is 7.21. The van der Waals surface area contributed by atoms with Crippen molar-refractivity contribution in [3.05, 3.63) is 47.8 Å². The lowest BCUT2D eigenvalue weighted by atomic mass is 10.1. The Labute approximate surface area is 140 Å². The molecule has 1 N–H and O–H groups in total. The molecular weight excluding hydrogens is 306 g/mol. The normalized spacial score (nSPS) is 11.4. The van der Waals surface area contributed by atoms with Crippen LogP contribution in [0.15, 0.2) is 36.7 Å². The summed E-state index contributed by atoms with van der Waals surface area (Å²) in [5, 5.41) is 6.86. The number of ether oxygens (including phenoxy) is 1. The van der Waals surface area contributed by atoms with Crippen molar-refractivity contribution in [2.24, 2.45) is 0 Å². The molecule has 0 fully saturated rings. The Bertz CT molecular complexity index is 774. The minimum absolute atomic E-state index is 0.0541. The minimum Gasteiger partial charge on any atom is -0.481 e. The van der Waals surface area contributed by atoms with Gasteiger partial charge in [-0.25, -0.2) is 0 Å². The zero-order chi connectivity index (χ0) is 17.5. The summed E-state index contributed by atoms with van der Waals surface area (Å²) in [5.41, 5.74) is 1.39. The number of nitrogens with zero attached hydrogens (tertiary/aromatic N) is 2. The molecule has 0 spiro atoms. The van der Waals surface area contributed by atoms with Gasteiger partial charge in [0.25, 0.3) is 5.91 Å². The van der Waals surface area contributed by atoms with Gasteiger partial charge in [-0.05, 0) is 26.0 Å². The highest BCUT2D eigenvalue weighted by Crippen LogP contribution is 2.15. The van der Waals surface area contributed by atoms with E-state index >= 15 is 0 Å². The maximum atomic E-state index is 12.1. The first-order chi connectivity index (χ1) is 11.5. The maximum Gasteiger partial charge on any atom is 0.261 e. The van der Waals surface area contributed by atoms with Gasteiger partial charge in [0.15, 0.2) is 11.9 Å². The summed E-state index contributed by atoms with van der Waals surface area (Å²) >= 11 is 0. The summed E-state index contributed by atoms with van der Waals surface area (Å²) in [4.78, 5) is 23.5. The van der Waals surface area contributed by atoms with Gasteiger partial charge in [0.1, 0.15) is 12.3 Å². The topological polar surface area (TPSA) is 73.2 Å². The first kappa shape index (κ1) is 17.3. The van der Waals surface area contributed by atoms with Crippen molar-refractivity contribution in [1.82, 2.24) is 15.1 Å². The van der Waals surface area contributed by atoms with Crippen molar-refractivity contribution in [3.8, 4) is 18.1 Å². The zero-order valence-corrected chi connectivity index (χ0v) is 13.7. The highest BCUT2D eigenvalue weighted by atomic mass is 16.5. The summed E-state index contributed by atoms with van der Waals surface area (Å²) in [7, 11) is 0. The smallest absolute Gasteiger partial charge is 0.261 e. The van der Waals surface area contributed by atoms with E-state index in [-0.39, 0.29) is 11.7 Å². The second-order valence-corrected chi connectivity index (χ2v) is 5.31. The lowest BCUT2D eigenvalue weighted by Gasteiger charge is -2.14. The quantitative estimate of drug-likeness (QED) is 0.622. The Hall–Kier alpha value is -3.07. The standard InChI is InChI=1S/C18H19N3O3/c1-4-8-21-12-15(11-20-21)10-19-18(23)14(3)24-17-7-5-6-16(9-17)13(2)22/h1,5-7,9,11-12,14H,8,10H2,2-3H3,(H,19,23). The van der Waals surface area contributed by atoms with Crippen molar-refractivity contribution in [3.63, 3.8) is 0 Å². The Kier molecular flexibility index (Phi) is 5.74. The molecule has 24 heavy (non-hydrogen) atoms. The average Bonchev–Trinajstić information content (AvgIpc) is 3.00. The lowest BCUT2D eigenvalue weighted by molar-refractivity contribution is -0.127. The molecule has 0 aliphatic heterocycles. The van der Waals surface area contributed by atoms with E-state index in [1.54, 1.807) is 48.3 Å². The SMILES string of the molecule is C#CCn1cc(CNC(=O)C(C)Oc2cccc(C(C)=O)c2)cn1. The van der Waals surface area contributed by atoms with Gasteiger partial charge in [-0.15, -0.1) is 6.42 Å². The van der Waals surface area contributed by atoms with Crippen LogP contribution in [0.5, 0.6) is 5.75 Å². The van der Waals surface area contributed by atoms with Gasteiger partial charge < -0.3 is 10.1 Å². The third-order valence-corrected chi connectivity index (χ3v) is 3.33. The number of amides is 1. The number of hydrogen-bond acceptors (Lipinski definition) is 4. The number of rotatable bonds is 7. The van der Waals surface area contributed by atoms with Gasteiger partial charge in [0.05, 0.1) is 6.20 Å². The van der Waals surface area contributed by atoms with Crippen molar-refractivity contribution < 1.29 is 14.3 Å². The van der Waals surface area contributed by atoms with Crippen molar-refractivity contribution >= 4 is 11.7 Å². The molecule has 1 amide bonds. The van der Waals surface area contributed by atoms with Crippen LogP contribution in [0.25, 0.3) is 0 Å². The molecule has 0 saturated heterocycles. The molecule has 124 valence electrons. The van der Waals surface area contributed by atoms with Crippen LogP contribution in [-0.2, 0) is 17.9 Å². The first-order valence-electron chi connectivity index (χ1n) is 7.49. The molecule has 0 radical (unpaired) electrons. The second kappa shape index (κ2) is 7.97. The fraction of sp³-hybridized carbons (Fsp3) is 0.278. The second-order valence-electron chi connectivity index (χ2n) is 5.31. The number of nitrogens with one attached hydrogen (secondary N) is 1. The molecular formula is C18H19N3O3. The number of carbonyl (C=O) groups excluding carboxylic acids is 2. The lowest BCUT2D eigenvalue weighted by Crippen LogP contribution is -2.35. The first-order valence-corrected chi connectivity index (χ1v) is 7.49. The molecule has 1 unspecified atom stereocenters. The van der Waals surface area contributed by atoms with E-state index in [4.69, 9.17) is 11.2 Å². The van der Waals surface area contributed by atoms with Crippen molar-refractivity contribution in [2.45, 2.75) is 33.0 Å². The third-order valence-electron chi connectivity index (χ3n) is 3.33. The highest BCUT2D eigenvalue weighted by Gasteiger charge is 2.15. The number of aromatic nitrogens is 2. The van der Waals surface area contributed by atoms with Crippen molar-refractivity contribution in [1.29, 1.82) is 0 Å². The predicted octanol–water partition coefficient (Wildman–Crippen LogP) is 1.80. The summed E-state index contributed by atoms with van der Waals surface area (Å²) in [6.45, 7) is 3.86. The van der Waals surface area contributed by atoms with E-state index in [0.29, 0.717) is 24.4 Å². The number of hydrogen-bond donors (Lipinski definition) is 1.